The second-order valence-corrected chi connectivity index (χ2v) is 4.03. The summed E-state index contributed by atoms with van der Waals surface area (Å²) < 4.78 is 10.6. The maximum absolute atomic E-state index is 9.59. The first-order valence-electron chi connectivity index (χ1n) is 5.70. The lowest BCUT2D eigenvalue weighted by atomic mass is 10.0. The summed E-state index contributed by atoms with van der Waals surface area (Å²) in [7, 11) is 0. The van der Waals surface area contributed by atoms with E-state index in [2.05, 4.69) is 6.92 Å². The molecule has 4 heteroatoms. The predicted molar refractivity (Wildman–Crippen MR) is 60.8 cm³/mol. The second-order valence-electron chi connectivity index (χ2n) is 4.03. The van der Waals surface area contributed by atoms with Gasteiger partial charge in [-0.15, -0.1) is 0 Å². The van der Waals surface area contributed by atoms with Crippen molar-refractivity contribution in [1.82, 2.24) is 0 Å². The Morgan fingerprint density at radius 1 is 1.13 bits per heavy atom. The summed E-state index contributed by atoms with van der Waals surface area (Å²) in [6.07, 6.45) is 2.55. The summed E-state index contributed by atoms with van der Waals surface area (Å²) in [5.41, 5.74) is 4.64. The lowest BCUT2D eigenvalue weighted by molar-refractivity contribution is 0.0257. The fourth-order valence-corrected chi connectivity index (χ4v) is 1.12. The van der Waals surface area contributed by atoms with Crippen molar-refractivity contribution in [2.45, 2.75) is 38.7 Å². The standard InChI is InChI=1S/C11H25NO3/c1-3-6-14-8-9-15-7-4-5-11(2,13)10-12/h13H,3-10,12H2,1-2H3. The van der Waals surface area contributed by atoms with Crippen LogP contribution in [-0.2, 0) is 9.47 Å². The molecular formula is C11H25NO3. The molecule has 0 aliphatic carbocycles. The largest absolute Gasteiger partial charge is 0.389 e. The number of hydrogen-bond acceptors (Lipinski definition) is 4. The maximum Gasteiger partial charge on any atom is 0.0742 e. The Morgan fingerprint density at radius 3 is 2.27 bits per heavy atom. The third-order valence-corrected chi connectivity index (χ3v) is 2.16. The van der Waals surface area contributed by atoms with E-state index in [0.29, 0.717) is 32.8 Å². The molecule has 3 N–H and O–H groups in total. The lowest BCUT2D eigenvalue weighted by Gasteiger charge is -2.20. The Hall–Kier alpha value is -0.160. The summed E-state index contributed by atoms with van der Waals surface area (Å²) in [5.74, 6) is 0. The topological polar surface area (TPSA) is 64.7 Å². The first-order valence-corrected chi connectivity index (χ1v) is 5.70. The lowest BCUT2D eigenvalue weighted by Crippen LogP contribution is -2.34. The minimum absolute atomic E-state index is 0.298. The molecule has 0 heterocycles. The molecule has 4 nitrogen and oxygen atoms in total. The highest BCUT2D eigenvalue weighted by atomic mass is 16.5. The van der Waals surface area contributed by atoms with Crippen molar-refractivity contribution in [1.29, 1.82) is 0 Å². The van der Waals surface area contributed by atoms with Crippen molar-refractivity contribution in [3.05, 3.63) is 0 Å². The highest BCUT2D eigenvalue weighted by Gasteiger charge is 2.16. The Kier molecular flexibility index (Phi) is 9.00. The molecule has 0 amide bonds. The zero-order chi connectivity index (χ0) is 11.6. The van der Waals surface area contributed by atoms with Crippen LogP contribution in [0.25, 0.3) is 0 Å². The third kappa shape index (κ3) is 10.1. The zero-order valence-electron chi connectivity index (χ0n) is 10.00. The van der Waals surface area contributed by atoms with Gasteiger partial charge in [-0.3, -0.25) is 0 Å². The van der Waals surface area contributed by atoms with Gasteiger partial charge in [-0.25, -0.2) is 0 Å². The van der Waals surface area contributed by atoms with Crippen LogP contribution >= 0.6 is 0 Å². The highest BCUT2D eigenvalue weighted by molar-refractivity contribution is 4.72. The summed E-state index contributed by atoms with van der Waals surface area (Å²) in [6.45, 7) is 6.86. The van der Waals surface area contributed by atoms with Crippen LogP contribution in [0.1, 0.15) is 33.1 Å². The average molecular weight is 219 g/mol. The number of rotatable bonds is 10. The summed E-state index contributed by atoms with van der Waals surface area (Å²) in [4.78, 5) is 0. The quantitative estimate of drug-likeness (QED) is 0.536. The SMILES string of the molecule is CCCOCCOCCCC(C)(O)CN. The average Bonchev–Trinajstić information content (AvgIpc) is 2.22. The van der Waals surface area contributed by atoms with E-state index in [1.165, 1.54) is 0 Å². The van der Waals surface area contributed by atoms with Crippen LogP contribution in [-0.4, -0.2) is 43.7 Å². The van der Waals surface area contributed by atoms with Gasteiger partial charge in [0.05, 0.1) is 18.8 Å². The van der Waals surface area contributed by atoms with E-state index in [1.807, 2.05) is 0 Å². The molecule has 0 saturated heterocycles. The summed E-state index contributed by atoms with van der Waals surface area (Å²) in [6, 6.07) is 0. The minimum Gasteiger partial charge on any atom is -0.389 e. The molecule has 0 bridgehead atoms. The smallest absolute Gasteiger partial charge is 0.0742 e. The van der Waals surface area contributed by atoms with Crippen molar-refractivity contribution in [3.63, 3.8) is 0 Å². The van der Waals surface area contributed by atoms with Gasteiger partial charge in [0, 0.05) is 19.8 Å². The molecule has 0 fully saturated rings. The second kappa shape index (κ2) is 9.09. The Bertz CT molecular complexity index is 140. The predicted octanol–water partition coefficient (Wildman–Crippen LogP) is 0.920. The van der Waals surface area contributed by atoms with Gasteiger partial charge in [0.1, 0.15) is 0 Å². The highest BCUT2D eigenvalue weighted by Crippen LogP contribution is 2.09. The van der Waals surface area contributed by atoms with Gasteiger partial charge in [-0.05, 0) is 26.2 Å². The van der Waals surface area contributed by atoms with Crippen LogP contribution in [0, 0.1) is 0 Å². The molecule has 92 valence electrons. The van der Waals surface area contributed by atoms with Crippen LogP contribution in [0.5, 0.6) is 0 Å². The molecule has 15 heavy (non-hydrogen) atoms. The van der Waals surface area contributed by atoms with Crippen LogP contribution in [0.15, 0.2) is 0 Å². The van der Waals surface area contributed by atoms with Gasteiger partial charge < -0.3 is 20.3 Å². The minimum atomic E-state index is -0.748. The van der Waals surface area contributed by atoms with Crippen LogP contribution in [0.3, 0.4) is 0 Å². The molecular weight excluding hydrogens is 194 g/mol. The van der Waals surface area contributed by atoms with Gasteiger partial charge in [0.15, 0.2) is 0 Å². The number of aliphatic hydroxyl groups is 1. The van der Waals surface area contributed by atoms with E-state index in [0.717, 1.165) is 19.4 Å². The van der Waals surface area contributed by atoms with Crippen LogP contribution in [0.2, 0.25) is 0 Å². The fourth-order valence-electron chi connectivity index (χ4n) is 1.12. The van der Waals surface area contributed by atoms with Crippen molar-refractivity contribution in [2.75, 3.05) is 33.0 Å². The van der Waals surface area contributed by atoms with Crippen LogP contribution < -0.4 is 5.73 Å². The fraction of sp³-hybridized carbons (Fsp3) is 1.00. The van der Waals surface area contributed by atoms with E-state index < -0.39 is 5.60 Å². The third-order valence-electron chi connectivity index (χ3n) is 2.16. The molecule has 0 aromatic carbocycles. The first kappa shape index (κ1) is 14.8. The van der Waals surface area contributed by atoms with E-state index in [1.54, 1.807) is 6.92 Å². The summed E-state index contributed by atoms with van der Waals surface area (Å²) >= 11 is 0. The molecule has 0 aromatic rings. The van der Waals surface area contributed by atoms with Gasteiger partial charge in [-0.2, -0.15) is 0 Å². The van der Waals surface area contributed by atoms with Crippen molar-refractivity contribution >= 4 is 0 Å². The van der Waals surface area contributed by atoms with E-state index in [-0.39, 0.29) is 0 Å². The Labute approximate surface area is 92.7 Å². The van der Waals surface area contributed by atoms with E-state index in [9.17, 15) is 5.11 Å². The molecule has 0 aromatic heterocycles. The molecule has 0 rings (SSSR count). The Morgan fingerprint density at radius 2 is 1.73 bits per heavy atom. The Balaban J connectivity index is 3.11. The zero-order valence-corrected chi connectivity index (χ0v) is 10.00. The van der Waals surface area contributed by atoms with Gasteiger partial charge >= 0.3 is 0 Å². The molecule has 1 atom stereocenters. The van der Waals surface area contributed by atoms with Crippen molar-refractivity contribution < 1.29 is 14.6 Å². The van der Waals surface area contributed by atoms with E-state index >= 15 is 0 Å². The first-order chi connectivity index (χ1) is 7.12. The number of nitrogens with two attached hydrogens (primary N) is 1. The monoisotopic (exact) mass is 219 g/mol. The van der Waals surface area contributed by atoms with Crippen molar-refractivity contribution in [3.8, 4) is 0 Å². The number of hydrogen-bond donors (Lipinski definition) is 2. The van der Waals surface area contributed by atoms with Crippen LogP contribution in [0.4, 0.5) is 0 Å². The van der Waals surface area contributed by atoms with Gasteiger partial charge in [-0.1, -0.05) is 6.92 Å². The van der Waals surface area contributed by atoms with E-state index in [4.69, 9.17) is 15.2 Å². The maximum atomic E-state index is 9.59. The molecule has 0 radical (unpaired) electrons. The normalized spacial score (nSPS) is 15.2. The van der Waals surface area contributed by atoms with Gasteiger partial charge in [0.25, 0.3) is 0 Å². The number of ether oxygens (including phenoxy) is 2. The molecule has 0 saturated carbocycles. The summed E-state index contributed by atoms with van der Waals surface area (Å²) in [5, 5.41) is 9.59. The molecule has 0 aliphatic rings. The molecule has 0 spiro atoms. The van der Waals surface area contributed by atoms with Gasteiger partial charge in [0.2, 0.25) is 0 Å². The molecule has 1 unspecified atom stereocenters. The molecule has 0 aliphatic heterocycles. The van der Waals surface area contributed by atoms with Crippen molar-refractivity contribution in [2.24, 2.45) is 5.73 Å².